The SMILES string of the molecule is O=C(O)c1cc(-c2ccc(-c3ccccc3F)c(O)n2)nc2ccc(F)cc12. The number of hydrogen-bond acceptors (Lipinski definition) is 4. The van der Waals surface area contributed by atoms with E-state index in [2.05, 4.69) is 9.97 Å². The van der Waals surface area contributed by atoms with Gasteiger partial charge in [0.25, 0.3) is 0 Å². The van der Waals surface area contributed by atoms with Crippen LogP contribution in [0.15, 0.2) is 60.7 Å². The maximum absolute atomic E-state index is 14.0. The maximum Gasteiger partial charge on any atom is 0.336 e. The summed E-state index contributed by atoms with van der Waals surface area (Å²) in [4.78, 5) is 19.9. The number of carboxylic acid groups (broad SMARTS) is 1. The highest BCUT2D eigenvalue weighted by Gasteiger charge is 2.16. The van der Waals surface area contributed by atoms with E-state index in [0.717, 1.165) is 6.07 Å². The Hall–Kier alpha value is -3.87. The van der Waals surface area contributed by atoms with E-state index >= 15 is 0 Å². The average molecular weight is 378 g/mol. The highest BCUT2D eigenvalue weighted by atomic mass is 19.1. The summed E-state index contributed by atoms with van der Waals surface area (Å²) in [6.07, 6.45) is 0. The van der Waals surface area contributed by atoms with Gasteiger partial charge in [-0.3, -0.25) is 0 Å². The number of carboxylic acids is 1. The zero-order valence-corrected chi connectivity index (χ0v) is 14.2. The number of aromatic nitrogens is 2. The number of benzene rings is 2. The monoisotopic (exact) mass is 378 g/mol. The van der Waals surface area contributed by atoms with E-state index in [1.807, 2.05) is 0 Å². The molecule has 0 aliphatic carbocycles. The number of rotatable bonds is 3. The molecule has 0 atom stereocenters. The van der Waals surface area contributed by atoms with Gasteiger partial charge in [-0.15, -0.1) is 0 Å². The molecule has 0 aliphatic heterocycles. The third-order valence-electron chi connectivity index (χ3n) is 4.30. The molecule has 0 amide bonds. The van der Waals surface area contributed by atoms with Crippen molar-refractivity contribution in [2.24, 2.45) is 0 Å². The predicted octanol–water partition coefficient (Wildman–Crippen LogP) is 4.65. The summed E-state index contributed by atoms with van der Waals surface area (Å²) in [5, 5.41) is 19.9. The Morgan fingerprint density at radius 2 is 1.64 bits per heavy atom. The molecule has 0 fully saturated rings. The van der Waals surface area contributed by atoms with Crippen LogP contribution in [0.5, 0.6) is 5.88 Å². The van der Waals surface area contributed by atoms with Crippen molar-refractivity contribution in [3.8, 4) is 28.4 Å². The van der Waals surface area contributed by atoms with E-state index in [4.69, 9.17) is 0 Å². The van der Waals surface area contributed by atoms with Gasteiger partial charge in [-0.25, -0.2) is 23.5 Å². The molecule has 2 heterocycles. The highest BCUT2D eigenvalue weighted by Crippen LogP contribution is 2.32. The predicted molar refractivity (Wildman–Crippen MR) is 99.0 cm³/mol. The molecule has 0 radical (unpaired) electrons. The number of halogens is 2. The second kappa shape index (κ2) is 6.70. The molecule has 0 saturated heterocycles. The van der Waals surface area contributed by atoms with Crippen LogP contribution in [0, 0.1) is 11.6 Å². The molecule has 2 aromatic heterocycles. The lowest BCUT2D eigenvalue weighted by atomic mass is 10.0. The molecular formula is C21H12F2N2O3. The van der Waals surface area contributed by atoms with Crippen LogP contribution in [0.1, 0.15) is 10.4 Å². The second-order valence-electron chi connectivity index (χ2n) is 6.07. The topological polar surface area (TPSA) is 83.3 Å². The first kappa shape index (κ1) is 17.5. The summed E-state index contributed by atoms with van der Waals surface area (Å²) in [6.45, 7) is 0. The minimum atomic E-state index is -1.24. The van der Waals surface area contributed by atoms with Crippen LogP contribution in [0.2, 0.25) is 0 Å². The van der Waals surface area contributed by atoms with Crippen LogP contribution in [0.4, 0.5) is 8.78 Å². The molecule has 4 aromatic rings. The van der Waals surface area contributed by atoms with Gasteiger partial charge in [0.2, 0.25) is 5.88 Å². The quantitative estimate of drug-likeness (QED) is 0.542. The second-order valence-corrected chi connectivity index (χ2v) is 6.07. The van der Waals surface area contributed by atoms with Crippen molar-refractivity contribution in [2.75, 3.05) is 0 Å². The van der Waals surface area contributed by atoms with Gasteiger partial charge in [-0.1, -0.05) is 18.2 Å². The first-order valence-electron chi connectivity index (χ1n) is 8.23. The van der Waals surface area contributed by atoms with E-state index in [9.17, 15) is 23.8 Å². The normalized spacial score (nSPS) is 10.9. The fraction of sp³-hybridized carbons (Fsp3) is 0. The standard InChI is InChI=1S/C21H12F2N2O3/c22-11-5-7-17-14(9-11)15(21(27)28)10-19(24-17)18-8-6-13(20(26)25-18)12-3-1-2-4-16(12)23/h1-10H,(H,25,26)(H,27,28). The van der Waals surface area contributed by atoms with E-state index in [0.29, 0.717) is 0 Å². The molecule has 28 heavy (non-hydrogen) atoms. The van der Waals surface area contributed by atoms with E-state index in [-0.39, 0.29) is 39.0 Å². The van der Waals surface area contributed by atoms with E-state index in [1.165, 1.54) is 48.5 Å². The summed E-state index contributed by atoms with van der Waals surface area (Å²) in [6, 6.07) is 13.8. The molecule has 2 N–H and O–H groups in total. The largest absolute Gasteiger partial charge is 0.493 e. The zero-order valence-electron chi connectivity index (χ0n) is 14.2. The summed E-state index contributed by atoms with van der Waals surface area (Å²) in [5.74, 6) is -2.74. The number of nitrogens with zero attached hydrogens (tertiary/aromatic N) is 2. The molecule has 0 bridgehead atoms. The molecule has 0 unspecified atom stereocenters. The van der Waals surface area contributed by atoms with Gasteiger partial charge in [-0.2, -0.15) is 0 Å². The number of aromatic hydroxyl groups is 1. The Labute approximate surface area is 157 Å². The number of fused-ring (bicyclic) bond motifs is 1. The number of aromatic carboxylic acids is 1. The van der Waals surface area contributed by atoms with Crippen molar-refractivity contribution in [3.63, 3.8) is 0 Å². The van der Waals surface area contributed by atoms with Crippen molar-refractivity contribution in [1.82, 2.24) is 9.97 Å². The molecule has 4 rings (SSSR count). The fourth-order valence-corrected chi connectivity index (χ4v) is 2.99. The molecule has 138 valence electrons. The maximum atomic E-state index is 14.0. The molecule has 0 saturated carbocycles. The third-order valence-corrected chi connectivity index (χ3v) is 4.30. The smallest absolute Gasteiger partial charge is 0.336 e. The van der Waals surface area contributed by atoms with Crippen molar-refractivity contribution < 1.29 is 23.8 Å². The molecular weight excluding hydrogens is 366 g/mol. The zero-order chi connectivity index (χ0) is 19.8. The van der Waals surface area contributed by atoms with Crippen LogP contribution in [0.25, 0.3) is 33.4 Å². The van der Waals surface area contributed by atoms with Crippen LogP contribution < -0.4 is 0 Å². The summed E-state index contributed by atoms with van der Waals surface area (Å²) < 4.78 is 27.5. The van der Waals surface area contributed by atoms with Gasteiger partial charge < -0.3 is 10.2 Å². The first-order valence-corrected chi connectivity index (χ1v) is 8.23. The van der Waals surface area contributed by atoms with Gasteiger partial charge in [0.05, 0.1) is 22.5 Å². The molecule has 0 aliphatic rings. The van der Waals surface area contributed by atoms with Crippen LogP contribution in [0.3, 0.4) is 0 Å². The Kier molecular flexibility index (Phi) is 4.19. The highest BCUT2D eigenvalue weighted by molar-refractivity contribution is 6.03. The van der Waals surface area contributed by atoms with E-state index in [1.54, 1.807) is 6.07 Å². The molecule has 7 heteroatoms. The minimum Gasteiger partial charge on any atom is -0.493 e. The van der Waals surface area contributed by atoms with Gasteiger partial charge >= 0.3 is 5.97 Å². The third kappa shape index (κ3) is 3.03. The van der Waals surface area contributed by atoms with E-state index < -0.39 is 23.5 Å². The van der Waals surface area contributed by atoms with Gasteiger partial charge in [-0.05, 0) is 42.5 Å². The van der Waals surface area contributed by atoms with Crippen LogP contribution >= 0.6 is 0 Å². The lowest BCUT2D eigenvalue weighted by Gasteiger charge is -2.09. The van der Waals surface area contributed by atoms with Crippen molar-refractivity contribution in [1.29, 1.82) is 0 Å². The summed E-state index contributed by atoms with van der Waals surface area (Å²) >= 11 is 0. The van der Waals surface area contributed by atoms with Gasteiger partial charge in [0.15, 0.2) is 0 Å². The molecule has 5 nitrogen and oxygen atoms in total. The fourth-order valence-electron chi connectivity index (χ4n) is 2.99. The lowest BCUT2D eigenvalue weighted by molar-refractivity contribution is 0.0699. The van der Waals surface area contributed by atoms with Crippen molar-refractivity contribution >= 4 is 16.9 Å². The Balaban J connectivity index is 1.87. The van der Waals surface area contributed by atoms with Crippen molar-refractivity contribution in [2.45, 2.75) is 0 Å². The Morgan fingerprint density at radius 1 is 0.857 bits per heavy atom. The van der Waals surface area contributed by atoms with Crippen LogP contribution in [-0.2, 0) is 0 Å². The van der Waals surface area contributed by atoms with Gasteiger partial charge in [0.1, 0.15) is 11.6 Å². The number of hydrogen-bond donors (Lipinski definition) is 2. The average Bonchev–Trinajstić information content (AvgIpc) is 2.67. The number of carbonyl (C=O) groups is 1. The summed E-state index contributed by atoms with van der Waals surface area (Å²) in [7, 11) is 0. The van der Waals surface area contributed by atoms with Crippen LogP contribution in [-0.4, -0.2) is 26.2 Å². The lowest BCUT2D eigenvalue weighted by Crippen LogP contribution is -2.01. The van der Waals surface area contributed by atoms with Crippen molar-refractivity contribution in [3.05, 3.63) is 77.9 Å². The first-order chi connectivity index (χ1) is 13.4. The Bertz CT molecular complexity index is 1240. The number of pyridine rings is 2. The minimum absolute atomic E-state index is 0.140. The van der Waals surface area contributed by atoms with Gasteiger partial charge in [0, 0.05) is 16.5 Å². The summed E-state index contributed by atoms with van der Waals surface area (Å²) in [5.41, 5.74) is 0.906. The molecule has 2 aromatic carbocycles. The molecule has 0 spiro atoms. The Morgan fingerprint density at radius 3 is 2.36 bits per heavy atom.